The molecule has 1 unspecified atom stereocenters. The SMILES string of the molecule is C=C[C@H]1OC(C)(C)OC1C(=O)O. The van der Waals surface area contributed by atoms with Gasteiger partial charge in [-0.05, 0) is 13.8 Å². The number of ether oxygens (including phenoxy) is 2. The molecule has 0 radical (unpaired) electrons. The highest BCUT2D eigenvalue weighted by Gasteiger charge is 2.43. The first-order valence-electron chi connectivity index (χ1n) is 3.67. The largest absolute Gasteiger partial charge is 0.479 e. The molecule has 0 aromatic carbocycles. The molecule has 4 heteroatoms. The Kier molecular flexibility index (Phi) is 2.21. The fourth-order valence-corrected chi connectivity index (χ4v) is 1.15. The zero-order valence-corrected chi connectivity index (χ0v) is 7.11. The Morgan fingerprint density at radius 1 is 1.58 bits per heavy atom. The van der Waals surface area contributed by atoms with Crippen LogP contribution >= 0.6 is 0 Å². The van der Waals surface area contributed by atoms with Crippen molar-refractivity contribution in [2.75, 3.05) is 0 Å². The lowest BCUT2D eigenvalue weighted by molar-refractivity contribution is -0.165. The van der Waals surface area contributed by atoms with E-state index in [1.807, 2.05) is 0 Å². The second-order valence-corrected chi connectivity index (χ2v) is 3.09. The van der Waals surface area contributed by atoms with Crippen molar-refractivity contribution in [1.29, 1.82) is 0 Å². The van der Waals surface area contributed by atoms with Gasteiger partial charge in [-0.1, -0.05) is 6.08 Å². The summed E-state index contributed by atoms with van der Waals surface area (Å²) in [6.45, 7) is 6.82. The minimum atomic E-state index is -1.02. The van der Waals surface area contributed by atoms with Crippen LogP contribution in [0.2, 0.25) is 0 Å². The van der Waals surface area contributed by atoms with Crippen molar-refractivity contribution in [1.82, 2.24) is 0 Å². The maximum Gasteiger partial charge on any atom is 0.336 e. The molecule has 1 saturated heterocycles. The fraction of sp³-hybridized carbons (Fsp3) is 0.625. The van der Waals surface area contributed by atoms with E-state index in [9.17, 15) is 4.79 Å². The van der Waals surface area contributed by atoms with E-state index in [0.29, 0.717) is 0 Å². The molecule has 12 heavy (non-hydrogen) atoms. The molecule has 0 spiro atoms. The summed E-state index contributed by atoms with van der Waals surface area (Å²) in [6, 6.07) is 0. The number of rotatable bonds is 2. The van der Waals surface area contributed by atoms with Crippen LogP contribution in [0.15, 0.2) is 12.7 Å². The van der Waals surface area contributed by atoms with Gasteiger partial charge in [-0.25, -0.2) is 4.79 Å². The third-order valence-electron chi connectivity index (χ3n) is 1.60. The highest BCUT2D eigenvalue weighted by Crippen LogP contribution is 2.28. The van der Waals surface area contributed by atoms with E-state index in [2.05, 4.69) is 6.58 Å². The number of hydrogen-bond donors (Lipinski definition) is 1. The molecule has 1 N–H and O–H groups in total. The summed E-state index contributed by atoms with van der Waals surface area (Å²) in [6.07, 6.45) is -0.0527. The summed E-state index contributed by atoms with van der Waals surface area (Å²) in [7, 11) is 0. The first-order valence-corrected chi connectivity index (χ1v) is 3.67. The summed E-state index contributed by atoms with van der Waals surface area (Å²) in [4.78, 5) is 10.6. The second-order valence-electron chi connectivity index (χ2n) is 3.09. The number of carbonyl (C=O) groups is 1. The van der Waals surface area contributed by atoms with Crippen molar-refractivity contribution in [3.8, 4) is 0 Å². The molecule has 1 heterocycles. The Balaban J connectivity index is 2.76. The van der Waals surface area contributed by atoms with Gasteiger partial charge in [0.15, 0.2) is 11.9 Å². The number of hydrogen-bond acceptors (Lipinski definition) is 3. The van der Waals surface area contributed by atoms with Crippen molar-refractivity contribution in [2.24, 2.45) is 0 Å². The van der Waals surface area contributed by atoms with Crippen LogP contribution in [0.25, 0.3) is 0 Å². The smallest absolute Gasteiger partial charge is 0.336 e. The standard InChI is InChI=1S/C8H12O4/c1-4-5-6(7(9)10)12-8(2,3)11-5/h4-6H,1H2,2-3H3,(H,9,10)/t5-,6?/m1/s1. The van der Waals surface area contributed by atoms with E-state index in [1.54, 1.807) is 13.8 Å². The van der Waals surface area contributed by atoms with Crippen LogP contribution in [-0.4, -0.2) is 29.1 Å². The average molecular weight is 172 g/mol. The summed E-state index contributed by atoms with van der Waals surface area (Å²) in [5.41, 5.74) is 0. The Morgan fingerprint density at radius 2 is 2.17 bits per heavy atom. The zero-order valence-electron chi connectivity index (χ0n) is 7.11. The van der Waals surface area contributed by atoms with Gasteiger partial charge in [-0.15, -0.1) is 6.58 Å². The average Bonchev–Trinajstić information content (AvgIpc) is 2.25. The Hall–Kier alpha value is -0.870. The van der Waals surface area contributed by atoms with E-state index in [-0.39, 0.29) is 0 Å². The van der Waals surface area contributed by atoms with Gasteiger partial charge >= 0.3 is 5.97 Å². The Morgan fingerprint density at radius 3 is 2.50 bits per heavy atom. The third kappa shape index (κ3) is 1.65. The molecule has 0 aromatic heterocycles. The molecule has 4 nitrogen and oxygen atoms in total. The molecule has 0 saturated carbocycles. The summed E-state index contributed by atoms with van der Waals surface area (Å²) >= 11 is 0. The molecule has 0 aromatic rings. The van der Waals surface area contributed by atoms with Crippen LogP contribution in [0.3, 0.4) is 0 Å². The molecule has 1 aliphatic rings. The molecule has 68 valence electrons. The topological polar surface area (TPSA) is 55.8 Å². The maximum atomic E-state index is 10.6. The number of carboxylic acid groups (broad SMARTS) is 1. The van der Waals surface area contributed by atoms with Gasteiger partial charge in [0.1, 0.15) is 6.10 Å². The lowest BCUT2D eigenvalue weighted by atomic mass is 10.2. The first kappa shape index (κ1) is 9.22. The predicted octanol–water partition coefficient (Wildman–Crippen LogP) is 0.777. The van der Waals surface area contributed by atoms with Crippen molar-refractivity contribution >= 4 is 5.97 Å². The Bertz CT molecular complexity index is 209. The van der Waals surface area contributed by atoms with E-state index >= 15 is 0 Å². The quantitative estimate of drug-likeness (QED) is 0.625. The van der Waals surface area contributed by atoms with Gasteiger partial charge in [0.2, 0.25) is 0 Å². The predicted molar refractivity (Wildman–Crippen MR) is 41.7 cm³/mol. The van der Waals surface area contributed by atoms with Crippen molar-refractivity contribution < 1.29 is 19.4 Å². The molecule has 1 fully saturated rings. The Labute approximate surface area is 70.8 Å². The lowest BCUT2D eigenvalue weighted by Crippen LogP contribution is -2.29. The van der Waals surface area contributed by atoms with Crippen LogP contribution in [0.4, 0.5) is 0 Å². The number of carboxylic acids is 1. The van der Waals surface area contributed by atoms with Crippen LogP contribution in [0.5, 0.6) is 0 Å². The minimum Gasteiger partial charge on any atom is -0.479 e. The molecule has 0 amide bonds. The molecule has 0 aliphatic carbocycles. The summed E-state index contributed by atoms with van der Waals surface area (Å²) in [5.74, 6) is -1.85. The summed E-state index contributed by atoms with van der Waals surface area (Å²) < 4.78 is 10.4. The van der Waals surface area contributed by atoms with Crippen LogP contribution in [0, 0.1) is 0 Å². The molecule has 2 atom stereocenters. The summed E-state index contributed by atoms with van der Waals surface area (Å²) in [5, 5.41) is 8.69. The second kappa shape index (κ2) is 2.88. The molecular weight excluding hydrogens is 160 g/mol. The monoisotopic (exact) mass is 172 g/mol. The van der Waals surface area contributed by atoms with Gasteiger partial charge in [0.25, 0.3) is 0 Å². The van der Waals surface area contributed by atoms with Crippen molar-refractivity contribution in [3.05, 3.63) is 12.7 Å². The minimum absolute atomic E-state index is 0.558. The van der Waals surface area contributed by atoms with Crippen LogP contribution < -0.4 is 0 Å². The van der Waals surface area contributed by atoms with Gasteiger partial charge in [-0.2, -0.15) is 0 Å². The van der Waals surface area contributed by atoms with Gasteiger partial charge in [0.05, 0.1) is 0 Å². The normalized spacial score (nSPS) is 33.2. The van der Waals surface area contributed by atoms with E-state index in [4.69, 9.17) is 14.6 Å². The maximum absolute atomic E-state index is 10.6. The highest BCUT2D eigenvalue weighted by atomic mass is 16.8. The number of aliphatic carboxylic acids is 1. The van der Waals surface area contributed by atoms with Crippen molar-refractivity contribution in [2.45, 2.75) is 31.8 Å². The molecular formula is C8H12O4. The van der Waals surface area contributed by atoms with E-state index in [1.165, 1.54) is 6.08 Å². The third-order valence-corrected chi connectivity index (χ3v) is 1.60. The van der Waals surface area contributed by atoms with Gasteiger partial charge in [0, 0.05) is 0 Å². The first-order chi connectivity index (χ1) is 5.46. The van der Waals surface area contributed by atoms with Gasteiger partial charge in [-0.3, -0.25) is 0 Å². The molecule has 1 aliphatic heterocycles. The zero-order chi connectivity index (χ0) is 9.35. The van der Waals surface area contributed by atoms with E-state index in [0.717, 1.165) is 0 Å². The highest BCUT2D eigenvalue weighted by molar-refractivity contribution is 5.73. The fourth-order valence-electron chi connectivity index (χ4n) is 1.15. The lowest BCUT2D eigenvalue weighted by Gasteiger charge is -2.15. The van der Waals surface area contributed by atoms with E-state index < -0.39 is 24.0 Å². The van der Waals surface area contributed by atoms with Crippen LogP contribution in [0.1, 0.15) is 13.8 Å². The molecule has 1 rings (SSSR count). The molecule has 0 bridgehead atoms. The van der Waals surface area contributed by atoms with Crippen molar-refractivity contribution in [3.63, 3.8) is 0 Å². The van der Waals surface area contributed by atoms with Crippen LogP contribution in [-0.2, 0) is 14.3 Å². The van der Waals surface area contributed by atoms with Gasteiger partial charge < -0.3 is 14.6 Å².